The molecule has 0 unspecified atom stereocenters. The van der Waals surface area contributed by atoms with Crippen LogP contribution in [0.2, 0.25) is 0 Å². The Morgan fingerprint density at radius 1 is 1.20 bits per heavy atom. The van der Waals surface area contributed by atoms with Crippen molar-refractivity contribution in [1.82, 2.24) is 10.2 Å². The molecule has 0 atom stereocenters. The van der Waals surface area contributed by atoms with Crippen LogP contribution in [0.3, 0.4) is 0 Å². The second kappa shape index (κ2) is 7.03. The van der Waals surface area contributed by atoms with Crippen LogP contribution >= 0.6 is 0 Å². The smallest absolute Gasteiger partial charge is 0.0107 e. The largest absolute Gasteiger partial charge is 0.318 e. The molecule has 0 saturated carbocycles. The molecular formula is C8H20N2. The molecule has 0 heterocycles. The summed E-state index contributed by atoms with van der Waals surface area (Å²) in [6, 6.07) is 0. The van der Waals surface area contributed by atoms with Gasteiger partial charge in [0.05, 0.1) is 0 Å². The van der Waals surface area contributed by atoms with Crippen molar-refractivity contribution in [2.45, 2.75) is 20.3 Å². The molecule has 0 fully saturated rings. The summed E-state index contributed by atoms with van der Waals surface area (Å²) in [5, 5.41) is 3.15. The summed E-state index contributed by atoms with van der Waals surface area (Å²) >= 11 is 0. The van der Waals surface area contributed by atoms with Crippen LogP contribution in [-0.4, -0.2) is 38.1 Å². The third-order valence-electron chi connectivity index (χ3n) is 1.67. The summed E-state index contributed by atoms with van der Waals surface area (Å²) in [4.78, 5) is 2.45. The van der Waals surface area contributed by atoms with Crippen LogP contribution in [0, 0.1) is 0 Å². The summed E-state index contributed by atoms with van der Waals surface area (Å²) in [7, 11) is 2.00. The van der Waals surface area contributed by atoms with E-state index in [0.717, 1.165) is 6.54 Å². The summed E-state index contributed by atoms with van der Waals surface area (Å²) in [5.74, 6) is 0. The molecule has 0 rings (SSSR count). The summed E-state index contributed by atoms with van der Waals surface area (Å²) in [5.41, 5.74) is 0. The monoisotopic (exact) mass is 144 g/mol. The number of likely N-dealkylation sites (N-methyl/N-ethyl adjacent to an activating group) is 2. The molecule has 0 saturated heterocycles. The predicted molar refractivity (Wildman–Crippen MR) is 46.3 cm³/mol. The Kier molecular flexibility index (Phi) is 6.98. The maximum absolute atomic E-state index is 3.15. The number of nitrogens with zero attached hydrogens (tertiary/aromatic N) is 1. The SMILES string of the molecule is CCCN(CC)CCNC. The van der Waals surface area contributed by atoms with Crippen molar-refractivity contribution >= 4 is 0 Å². The lowest BCUT2D eigenvalue weighted by molar-refractivity contribution is 0.290. The first-order valence-electron chi connectivity index (χ1n) is 4.22. The minimum atomic E-state index is 1.10. The highest BCUT2D eigenvalue weighted by atomic mass is 15.1. The fourth-order valence-electron chi connectivity index (χ4n) is 1.01. The molecule has 0 radical (unpaired) electrons. The zero-order chi connectivity index (χ0) is 7.82. The van der Waals surface area contributed by atoms with Crippen LogP contribution in [0.15, 0.2) is 0 Å². The van der Waals surface area contributed by atoms with Gasteiger partial charge in [-0.05, 0) is 26.6 Å². The van der Waals surface area contributed by atoms with E-state index in [4.69, 9.17) is 0 Å². The molecule has 0 aromatic heterocycles. The molecule has 0 amide bonds. The molecule has 0 bridgehead atoms. The van der Waals surface area contributed by atoms with Gasteiger partial charge in [-0.25, -0.2) is 0 Å². The van der Waals surface area contributed by atoms with E-state index < -0.39 is 0 Å². The minimum Gasteiger partial charge on any atom is -0.318 e. The predicted octanol–water partition coefficient (Wildman–Crippen LogP) is 0.938. The Morgan fingerprint density at radius 2 is 1.90 bits per heavy atom. The molecule has 0 aliphatic carbocycles. The Balaban J connectivity index is 3.21. The van der Waals surface area contributed by atoms with E-state index in [9.17, 15) is 0 Å². The maximum atomic E-state index is 3.15. The van der Waals surface area contributed by atoms with Crippen molar-refractivity contribution in [3.63, 3.8) is 0 Å². The van der Waals surface area contributed by atoms with E-state index in [0.29, 0.717) is 0 Å². The van der Waals surface area contributed by atoms with Crippen molar-refractivity contribution in [3.05, 3.63) is 0 Å². The molecule has 2 nitrogen and oxygen atoms in total. The number of hydrogen-bond acceptors (Lipinski definition) is 2. The van der Waals surface area contributed by atoms with Crippen molar-refractivity contribution in [2.24, 2.45) is 0 Å². The Labute approximate surface area is 64.6 Å². The van der Waals surface area contributed by atoms with Crippen molar-refractivity contribution in [1.29, 1.82) is 0 Å². The summed E-state index contributed by atoms with van der Waals surface area (Å²) in [6.45, 7) is 9.13. The van der Waals surface area contributed by atoms with Crippen LogP contribution in [0.5, 0.6) is 0 Å². The highest BCUT2D eigenvalue weighted by molar-refractivity contribution is 4.54. The Morgan fingerprint density at radius 3 is 2.30 bits per heavy atom. The Hall–Kier alpha value is -0.0800. The van der Waals surface area contributed by atoms with Gasteiger partial charge in [0, 0.05) is 13.1 Å². The molecule has 0 aromatic carbocycles. The first-order chi connectivity index (χ1) is 4.85. The molecule has 0 spiro atoms. The van der Waals surface area contributed by atoms with Gasteiger partial charge in [-0.3, -0.25) is 0 Å². The van der Waals surface area contributed by atoms with Crippen molar-refractivity contribution in [2.75, 3.05) is 33.2 Å². The van der Waals surface area contributed by atoms with Gasteiger partial charge in [-0.15, -0.1) is 0 Å². The van der Waals surface area contributed by atoms with Crippen molar-refractivity contribution in [3.8, 4) is 0 Å². The Bertz CT molecular complexity index is 64.3. The molecule has 62 valence electrons. The maximum Gasteiger partial charge on any atom is 0.0107 e. The topological polar surface area (TPSA) is 15.3 Å². The van der Waals surface area contributed by atoms with Gasteiger partial charge in [0.1, 0.15) is 0 Å². The van der Waals surface area contributed by atoms with Crippen LogP contribution < -0.4 is 5.32 Å². The van der Waals surface area contributed by atoms with Crippen LogP contribution in [0.1, 0.15) is 20.3 Å². The lowest BCUT2D eigenvalue weighted by Gasteiger charge is -2.18. The molecule has 0 aliphatic heterocycles. The minimum absolute atomic E-state index is 1.10. The van der Waals surface area contributed by atoms with Gasteiger partial charge in [0.2, 0.25) is 0 Å². The van der Waals surface area contributed by atoms with Crippen LogP contribution in [0.4, 0.5) is 0 Å². The normalized spacial score (nSPS) is 10.8. The van der Waals surface area contributed by atoms with Gasteiger partial charge >= 0.3 is 0 Å². The van der Waals surface area contributed by atoms with Gasteiger partial charge in [-0.2, -0.15) is 0 Å². The fourth-order valence-corrected chi connectivity index (χ4v) is 1.01. The van der Waals surface area contributed by atoms with E-state index in [1.54, 1.807) is 0 Å². The molecule has 2 heteroatoms. The first-order valence-corrected chi connectivity index (χ1v) is 4.22. The average molecular weight is 144 g/mol. The van der Waals surface area contributed by atoms with Crippen molar-refractivity contribution < 1.29 is 0 Å². The average Bonchev–Trinajstić information content (AvgIpc) is 1.98. The molecule has 10 heavy (non-hydrogen) atoms. The summed E-state index contributed by atoms with van der Waals surface area (Å²) < 4.78 is 0. The van der Waals surface area contributed by atoms with E-state index in [2.05, 4.69) is 24.1 Å². The van der Waals surface area contributed by atoms with E-state index in [-0.39, 0.29) is 0 Å². The standard InChI is InChI=1S/C8H20N2/c1-4-7-10(5-2)8-6-9-3/h9H,4-8H2,1-3H3. The van der Waals surface area contributed by atoms with E-state index in [1.165, 1.54) is 26.1 Å². The second-order valence-electron chi connectivity index (χ2n) is 2.54. The van der Waals surface area contributed by atoms with Gasteiger partial charge in [0.25, 0.3) is 0 Å². The van der Waals surface area contributed by atoms with E-state index in [1.807, 2.05) is 7.05 Å². The van der Waals surface area contributed by atoms with E-state index >= 15 is 0 Å². The highest BCUT2D eigenvalue weighted by Crippen LogP contribution is 1.88. The summed E-state index contributed by atoms with van der Waals surface area (Å²) in [6.07, 6.45) is 1.26. The van der Waals surface area contributed by atoms with Gasteiger partial charge in [0.15, 0.2) is 0 Å². The molecular weight excluding hydrogens is 124 g/mol. The molecule has 0 aliphatic rings. The van der Waals surface area contributed by atoms with Crippen LogP contribution in [-0.2, 0) is 0 Å². The lowest BCUT2D eigenvalue weighted by atomic mass is 10.4. The third-order valence-corrected chi connectivity index (χ3v) is 1.67. The third kappa shape index (κ3) is 4.77. The van der Waals surface area contributed by atoms with Gasteiger partial charge < -0.3 is 10.2 Å². The second-order valence-corrected chi connectivity index (χ2v) is 2.54. The number of nitrogens with one attached hydrogen (secondary N) is 1. The quantitative estimate of drug-likeness (QED) is 0.597. The van der Waals surface area contributed by atoms with Crippen LogP contribution in [0.25, 0.3) is 0 Å². The van der Waals surface area contributed by atoms with Gasteiger partial charge in [-0.1, -0.05) is 13.8 Å². The number of rotatable bonds is 6. The first kappa shape index (κ1) is 9.92. The highest BCUT2D eigenvalue weighted by Gasteiger charge is 1.97. The lowest BCUT2D eigenvalue weighted by Crippen LogP contribution is -2.31. The molecule has 1 N–H and O–H groups in total. The zero-order valence-electron chi connectivity index (χ0n) is 7.48. The molecule has 0 aromatic rings. The number of hydrogen-bond donors (Lipinski definition) is 1. The zero-order valence-corrected chi connectivity index (χ0v) is 7.48. The fraction of sp³-hybridized carbons (Fsp3) is 1.00.